The third-order valence-electron chi connectivity index (χ3n) is 4.80. The first-order valence-electron chi connectivity index (χ1n) is 10.4. The maximum atomic E-state index is 12.8. The van der Waals surface area contributed by atoms with Gasteiger partial charge in [0.05, 0.1) is 17.7 Å². The monoisotopic (exact) mass is 426 g/mol. The van der Waals surface area contributed by atoms with Gasteiger partial charge in [0, 0.05) is 16.8 Å². The molecule has 0 aliphatic carbocycles. The predicted octanol–water partition coefficient (Wildman–Crippen LogP) is 6.07. The van der Waals surface area contributed by atoms with Gasteiger partial charge in [-0.05, 0) is 30.7 Å². The van der Waals surface area contributed by atoms with Gasteiger partial charge in [0.15, 0.2) is 11.5 Å². The molecule has 0 heterocycles. The smallest absolute Gasteiger partial charge is 0.343 e. The highest BCUT2D eigenvalue weighted by atomic mass is 16.6. The van der Waals surface area contributed by atoms with Crippen molar-refractivity contribution in [3.63, 3.8) is 0 Å². The summed E-state index contributed by atoms with van der Waals surface area (Å²) in [4.78, 5) is 25.5. The number of carbonyl (C=O) groups excluding carboxylic acids is 2. The first-order chi connectivity index (χ1) is 15.7. The summed E-state index contributed by atoms with van der Waals surface area (Å²) in [5, 5.41) is 1.25. The Morgan fingerprint density at radius 3 is 1.78 bits per heavy atom. The van der Waals surface area contributed by atoms with Crippen molar-refractivity contribution in [3.8, 4) is 17.2 Å². The summed E-state index contributed by atoms with van der Waals surface area (Å²) in [7, 11) is 0. The van der Waals surface area contributed by atoms with Gasteiger partial charge in [0.2, 0.25) is 0 Å². The van der Waals surface area contributed by atoms with E-state index in [-0.39, 0.29) is 0 Å². The molecule has 0 fully saturated rings. The average molecular weight is 426 g/mol. The predicted molar refractivity (Wildman–Crippen MR) is 123 cm³/mol. The summed E-state index contributed by atoms with van der Waals surface area (Å²) >= 11 is 0. The molecule has 32 heavy (non-hydrogen) atoms. The van der Waals surface area contributed by atoms with Crippen LogP contribution in [0.1, 0.15) is 34.1 Å². The van der Waals surface area contributed by atoms with E-state index in [9.17, 15) is 9.59 Å². The zero-order chi connectivity index (χ0) is 22.3. The van der Waals surface area contributed by atoms with Crippen molar-refractivity contribution >= 4 is 22.7 Å². The molecule has 5 nitrogen and oxygen atoms in total. The Bertz CT molecular complexity index is 1230. The minimum Gasteiger partial charge on any atom is -0.490 e. The van der Waals surface area contributed by atoms with Crippen LogP contribution in [0.4, 0.5) is 0 Å². The topological polar surface area (TPSA) is 61.8 Å². The fraction of sp³-hybridized carbons (Fsp3) is 0.111. The molecule has 4 aromatic rings. The Morgan fingerprint density at radius 1 is 0.656 bits per heavy atom. The van der Waals surface area contributed by atoms with Gasteiger partial charge in [-0.25, -0.2) is 9.59 Å². The number of hydrogen-bond donors (Lipinski definition) is 0. The van der Waals surface area contributed by atoms with Crippen molar-refractivity contribution in [1.82, 2.24) is 0 Å². The van der Waals surface area contributed by atoms with Crippen molar-refractivity contribution in [2.45, 2.75) is 13.3 Å². The second kappa shape index (κ2) is 9.79. The third kappa shape index (κ3) is 4.62. The molecule has 0 N–H and O–H groups in total. The molecule has 0 amide bonds. The number of hydrogen-bond acceptors (Lipinski definition) is 5. The fourth-order valence-electron chi connectivity index (χ4n) is 3.26. The minimum atomic E-state index is -0.494. The second-order valence-corrected chi connectivity index (χ2v) is 7.11. The molecule has 0 saturated heterocycles. The number of esters is 2. The molecule has 0 radical (unpaired) electrons. The van der Waals surface area contributed by atoms with Crippen LogP contribution < -0.4 is 14.2 Å². The van der Waals surface area contributed by atoms with Crippen LogP contribution in [0.15, 0.2) is 91.0 Å². The summed E-state index contributed by atoms with van der Waals surface area (Å²) in [6, 6.07) is 26.4. The molecular formula is C27H22O5. The molecular weight excluding hydrogens is 404 g/mol. The summed E-state index contributed by atoms with van der Waals surface area (Å²) in [6.45, 7) is 2.40. The molecule has 5 heteroatoms. The van der Waals surface area contributed by atoms with Crippen LogP contribution in [-0.4, -0.2) is 18.5 Å². The van der Waals surface area contributed by atoms with Crippen molar-refractivity contribution in [2.75, 3.05) is 6.61 Å². The largest absolute Gasteiger partial charge is 0.490 e. The van der Waals surface area contributed by atoms with E-state index in [2.05, 4.69) is 0 Å². The van der Waals surface area contributed by atoms with Gasteiger partial charge in [-0.15, -0.1) is 0 Å². The van der Waals surface area contributed by atoms with Crippen LogP contribution in [0.2, 0.25) is 0 Å². The van der Waals surface area contributed by atoms with Gasteiger partial charge in [0.1, 0.15) is 5.75 Å². The third-order valence-corrected chi connectivity index (χ3v) is 4.80. The lowest BCUT2D eigenvalue weighted by Gasteiger charge is -2.17. The lowest BCUT2D eigenvalue weighted by Crippen LogP contribution is -2.12. The normalized spacial score (nSPS) is 10.5. The maximum absolute atomic E-state index is 12.8. The Labute approximate surface area is 186 Å². The molecule has 0 aliphatic rings. The van der Waals surface area contributed by atoms with Gasteiger partial charge in [-0.3, -0.25) is 0 Å². The second-order valence-electron chi connectivity index (χ2n) is 7.11. The number of benzene rings is 4. The van der Waals surface area contributed by atoms with E-state index < -0.39 is 11.9 Å². The lowest BCUT2D eigenvalue weighted by molar-refractivity contribution is 0.0718. The van der Waals surface area contributed by atoms with Crippen LogP contribution in [0.25, 0.3) is 10.8 Å². The van der Waals surface area contributed by atoms with E-state index in [1.807, 2.05) is 43.3 Å². The van der Waals surface area contributed by atoms with Gasteiger partial charge in [0.25, 0.3) is 0 Å². The first-order valence-corrected chi connectivity index (χ1v) is 10.4. The zero-order valence-electron chi connectivity index (χ0n) is 17.6. The molecule has 0 bridgehead atoms. The maximum Gasteiger partial charge on any atom is 0.343 e. The number of fused-ring (bicyclic) bond motifs is 1. The molecule has 0 atom stereocenters. The van der Waals surface area contributed by atoms with Gasteiger partial charge < -0.3 is 14.2 Å². The van der Waals surface area contributed by atoms with E-state index >= 15 is 0 Å². The highest BCUT2D eigenvalue weighted by molar-refractivity contribution is 6.01. The highest BCUT2D eigenvalue weighted by Gasteiger charge is 2.21. The molecule has 0 saturated carbocycles. The van der Waals surface area contributed by atoms with Gasteiger partial charge >= 0.3 is 11.9 Å². The summed E-state index contributed by atoms with van der Waals surface area (Å²) < 4.78 is 17.4. The number of rotatable bonds is 7. The molecule has 0 unspecified atom stereocenters. The SMILES string of the molecule is CCCOc1cc(OC(=O)c2ccccc2)c2ccccc2c1OC(=O)c1ccccc1. The van der Waals surface area contributed by atoms with E-state index in [1.165, 1.54) is 0 Å². The molecule has 0 spiro atoms. The molecule has 4 rings (SSSR count). The van der Waals surface area contributed by atoms with Crippen LogP contribution in [-0.2, 0) is 0 Å². The van der Waals surface area contributed by atoms with Crippen molar-refractivity contribution in [3.05, 3.63) is 102 Å². The fourth-order valence-corrected chi connectivity index (χ4v) is 3.26. The first kappa shape index (κ1) is 21.1. The Kier molecular flexibility index (Phi) is 6.46. The van der Waals surface area contributed by atoms with Crippen LogP contribution in [0.3, 0.4) is 0 Å². The van der Waals surface area contributed by atoms with Crippen LogP contribution >= 0.6 is 0 Å². The Hall–Kier alpha value is -4.12. The molecule has 0 aliphatic heterocycles. The summed E-state index contributed by atoms with van der Waals surface area (Å²) in [5.41, 5.74) is 0.866. The zero-order valence-corrected chi connectivity index (χ0v) is 17.6. The van der Waals surface area contributed by atoms with E-state index in [0.717, 1.165) is 6.42 Å². The molecule has 0 aromatic heterocycles. The highest BCUT2D eigenvalue weighted by Crippen LogP contribution is 2.42. The standard InChI is InChI=1S/C27H22O5/c1-2-17-30-24-18-23(31-26(28)19-11-5-3-6-12-19)21-15-9-10-16-22(21)25(24)32-27(29)20-13-7-4-8-14-20/h3-16,18H,2,17H2,1H3. The van der Waals surface area contributed by atoms with Gasteiger partial charge in [-0.2, -0.15) is 0 Å². The number of ether oxygens (including phenoxy) is 3. The lowest BCUT2D eigenvalue weighted by atomic mass is 10.1. The van der Waals surface area contributed by atoms with E-state index in [1.54, 1.807) is 54.6 Å². The van der Waals surface area contributed by atoms with Crippen LogP contribution in [0.5, 0.6) is 17.2 Å². The minimum absolute atomic E-state index is 0.294. The molecule has 4 aromatic carbocycles. The summed E-state index contributed by atoms with van der Waals surface area (Å²) in [5.74, 6) is -0.00877. The van der Waals surface area contributed by atoms with Gasteiger partial charge in [-0.1, -0.05) is 67.6 Å². The number of carbonyl (C=O) groups is 2. The summed E-state index contributed by atoms with van der Waals surface area (Å²) in [6.07, 6.45) is 0.762. The Balaban J connectivity index is 1.77. The van der Waals surface area contributed by atoms with Crippen molar-refractivity contribution in [2.24, 2.45) is 0 Å². The molecule has 160 valence electrons. The van der Waals surface area contributed by atoms with Crippen LogP contribution in [0, 0.1) is 0 Å². The van der Waals surface area contributed by atoms with Crippen molar-refractivity contribution < 1.29 is 23.8 Å². The Morgan fingerprint density at radius 2 is 1.19 bits per heavy atom. The average Bonchev–Trinajstić information content (AvgIpc) is 2.85. The van der Waals surface area contributed by atoms with E-state index in [4.69, 9.17) is 14.2 Å². The van der Waals surface area contributed by atoms with Crippen molar-refractivity contribution in [1.29, 1.82) is 0 Å². The van der Waals surface area contributed by atoms with E-state index in [0.29, 0.717) is 45.8 Å². The quantitative estimate of drug-likeness (QED) is 0.265.